The van der Waals surface area contributed by atoms with Gasteiger partial charge in [0.15, 0.2) is 0 Å². The summed E-state index contributed by atoms with van der Waals surface area (Å²) in [4.78, 5) is 10.8. The van der Waals surface area contributed by atoms with Gasteiger partial charge in [-0.05, 0) is 18.3 Å². The predicted octanol–water partition coefficient (Wildman–Crippen LogP) is 3.04. The van der Waals surface area contributed by atoms with Crippen molar-refractivity contribution < 1.29 is 4.79 Å². The number of aldehydes is 1. The van der Waals surface area contributed by atoms with Crippen LogP contribution in [-0.2, 0) is 4.79 Å². The molecule has 0 bridgehead atoms. The molecule has 1 saturated carbocycles. The van der Waals surface area contributed by atoms with Crippen LogP contribution in [0.15, 0.2) is 0 Å². The summed E-state index contributed by atoms with van der Waals surface area (Å²) < 4.78 is 0. The molecule has 1 fully saturated rings. The summed E-state index contributed by atoms with van der Waals surface area (Å²) in [5.74, 6) is 1.46. The van der Waals surface area contributed by atoms with Crippen molar-refractivity contribution in [3.63, 3.8) is 0 Å². The normalized spacial score (nSPS) is 21.6. The second-order valence-corrected chi connectivity index (χ2v) is 4.87. The maximum absolute atomic E-state index is 10.8. The topological polar surface area (TPSA) is 17.1 Å². The van der Waals surface area contributed by atoms with E-state index in [0.717, 1.165) is 12.2 Å². The van der Waals surface area contributed by atoms with Crippen LogP contribution in [0.4, 0.5) is 0 Å². The highest BCUT2D eigenvalue weighted by atomic mass is 16.1. The van der Waals surface area contributed by atoms with Crippen LogP contribution in [0, 0.1) is 17.3 Å². The molecule has 0 aromatic rings. The van der Waals surface area contributed by atoms with Gasteiger partial charge in [-0.25, -0.2) is 0 Å². The number of hydrogen-bond donors (Lipinski definition) is 0. The molecule has 0 N–H and O–H groups in total. The van der Waals surface area contributed by atoms with E-state index in [1.807, 2.05) is 13.8 Å². The van der Waals surface area contributed by atoms with Crippen LogP contribution < -0.4 is 0 Å². The second kappa shape index (κ2) is 3.59. The summed E-state index contributed by atoms with van der Waals surface area (Å²) in [6, 6.07) is 0. The maximum atomic E-state index is 10.8. The Labute approximate surface area is 75.5 Å². The molecule has 1 heteroatoms. The summed E-state index contributed by atoms with van der Waals surface area (Å²) in [6.45, 7) is 6.29. The minimum atomic E-state index is -0.115. The smallest absolute Gasteiger partial charge is 0.125 e. The lowest BCUT2D eigenvalue weighted by Gasteiger charge is -2.33. The van der Waals surface area contributed by atoms with Crippen molar-refractivity contribution in [2.24, 2.45) is 17.3 Å². The van der Waals surface area contributed by atoms with Crippen LogP contribution in [0.25, 0.3) is 0 Å². The van der Waals surface area contributed by atoms with Crippen LogP contribution in [0.1, 0.15) is 46.5 Å². The first-order valence-corrected chi connectivity index (χ1v) is 5.02. The number of hydrogen-bond acceptors (Lipinski definition) is 1. The number of carbonyl (C=O) groups excluding carboxylic acids is 1. The standard InChI is InChI=1S/C11H20O/c1-9(11(2,3)8-12)7-10-5-4-6-10/h8-10H,4-7H2,1-3H3/t9-/m0/s1. The highest BCUT2D eigenvalue weighted by Gasteiger charge is 2.29. The van der Waals surface area contributed by atoms with Crippen LogP contribution in [0.2, 0.25) is 0 Å². The molecule has 0 spiro atoms. The molecule has 0 aromatic carbocycles. The highest BCUT2D eigenvalue weighted by Crippen LogP contribution is 2.37. The zero-order valence-corrected chi connectivity index (χ0v) is 8.47. The fourth-order valence-corrected chi connectivity index (χ4v) is 1.65. The van der Waals surface area contributed by atoms with Crippen molar-refractivity contribution in [2.75, 3.05) is 0 Å². The third kappa shape index (κ3) is 2.09. The molecule has 0 radical (unpaired) electrons. The molecule has 1 rings (SSSR count). The van der Waals surface area contributed by atoms with Gasteiger partial charge in [-0.3, -0.25) is 0 Å². The Balaban J connectivity index is 2.35. The summed E-state index contributed by atoms with van der Waals surface area (Å²) in [5.41, 5.74) is -0.115. The largest absolute Gasteiger partial charge is 0.303 e. The zero-order chi connectivity index (χ0) is 9.19. The lowest BCUT2D eigenvalue weighted by Crippen LogP contribution is -2.27. The van der Waals surface area contributed by atoms with Gasteiger partial charge in [0.1, 0.15) is 6.29 Å². The Morgan fingerprint density at radius 3 is 2.42 bits per heavy atom. The van der Waals surface area contributed by atoms with E-state index in [2.05, 4.69) is 6.92 Å². The van der Waals surface area contributed by atoms with E-state index in [9.17, 15) is 4.79 Å². The Bertz CT molecular complexity index is 156. The van der Waals surface area contributed by atoms with E-state index in [0.29, 0.717) is 5.92 Å². The van der Waals surface area contributed by atoms with E-state index in [1.165, 1.54) is 25.7 Å². The van der Waals surface area contributed by atoms with Crippen LogP contribution >= 0.6 is 0 Å². The molecular formula is C11H20O. The minimum absolute atomic E-state index is 0.115. The van der Waals surface area contributed by atoms with Gasteiger partial charge in [0.2, 0.25) is 0 Å². The molecule has 0 heterocycles. The molecule has 0 aliphatic heterocycles. The summed E-state index contributed by atoms with van der Waals surface area (Å²) in [7, 11) is 0. The number of rotatable bonds is 4. The van der Waals surface area contributed by atoms with E-state index in [1.54, 1.807) is 0 Å². The van der Waals surface area contributed by atoms with Gasteiger partial charge in [-0.1, -0.05) is 40.0 Å². The SMILES string of the molecule is C[C@@H](CC1CCC1)C(C)(C)C=O. The first kappa shape index (κ1) is 9.76. The van der Waals surface area contributed by atoms with E-state index in [-0.39, 0.29) is 5.41 Å². The quantitative estimate of drug-likeness (QED) is 0.590. The van der Waals surface area contributed by atoms with Crippen molar-refractivity contribution in [1.82, 2.24) is 0 Å². The van der Waals surface area contributed by atoms with Gasteiger partial charge < -0.3 is 4.79 Å². The van der Waals surface area contributed by atoms with E-state index < -0.39 is 0 Å². The molecule has 0 amide bonds. The Kier molecular flexibility index (Phi) is 2.92. The molecular weight excluding hydrogens is 148 g/mol. The zero-order valence-electron chi connectivity index (χ0n) is 8.47. The van der Waals surface area contributed by atoms with Crippen molar-refractivity contribution in [3.8, 4) is 0 Å². The van der Waals surface area contributed by atoms with Crippen LogP contribution in [0.5, 0.6) is 0 Å². The van der Waals surface area contributed by atoms with E-state index >= 15 is 0 Å². The van der Waals surface area contributed by atoms with Gasteiger partial charge in [0, 0.05) is 5.41 Å². The van der Waals surface area contributed by atoms with Crippen molar-refractivity contribution in [1.29, 1.82) is 0 Å². The highest BCUT2D eigenvalue weighted by molar-refractivity contribution is 5.58. The van der Waals surface area contributed by atoms with Gasteiger partial charge in [-0.15, -0.1) is 0 Å². The van der Waals surface area contributed by atoms with E-state index in [4.69, 9.17) is 0 Å². The van der Waals surface area contributed by atoms with Crippen LogP contribution in [0.3, 0.4) is 0 Å². The number of carbonyl (C=O) groups is 1. The first-order chi connectivity index (χ1) is 5.56. The third-order valence-electron chi connectivity index (χ3n) is 3.49. The lowest BCUT2D eigenvalue weighted by atomic mass is 9.71. The lowest BCUT2D eigenvalue weighted by molar-refractivity contribution is -0.117. The Morgan fingerprint density at radius 1 is 1.50 bits per heavy atom. The molecule has 1 aliphatic carbocycles. The van der Waals surface area contributed by atoms with Gasteiger partial charge in [0.05, 0.1) is 0 Å². The molecule has 12 heavy (non-hydrogen) atoms. The first-order valence-electron chi connectivity index (χ1n) is 5.02. The van der Waals surface area contributed by atoms with Gasteiger partial charge in [0.25, 0.3) is 0 Å². The monoisotopic (exact) mass is 168 g/mol. The molecule has 0 unspecified atom stereocenters. The Morgan fingerprint density at radius 2 is 2.08 bits per heavy atom. The fraction of sp³-hybridized carbons (Fsp3) is 0.909. The molecule has 1 nitrogen and oxygen atoms in total. The molecule has 70 valence electrons. The van der Waals surface area contributed by atoms with Crippen molar-refractivity contribution in [2.45, 2.75) is 46.5 Å². The summed E-state index contributed by atoms with van der Waals surface area (Å²) >= 11 is 0. The third-order valence-corrected chi connectivity index (χ3v) is 3.49. The fourth-order valence-electron chi connectivity index (χ4n) is 1.65. The summed E-state index contributed by atoms with van der Waals surface area (Å²) in [5, 5.41) is 0. The van der Waals surface area contributed by atoms with Crippen molar-refractivity contribution >= 4 is 6.29 Å². The Hall–Kier alpha value is -0.330. The predicted molar refractivity (Wildman–Crippen MR) is 51.0 cm³/mol. The maximum Gasteiger partial charge on any atom is 0.125 e. The van der Waals surface area contributed by atoms with Gasteiger partial charge >= 0.3 is 0 Å². The summed E-state index contributed by atoms with van der Waals surface area (Å²) in [6.07, 6.45) is 6.53. The molecule has 0 aromatic heterocycles. The average molecular weight is 168 g/mol. The molecule has 1 aliphatic rings. The average Bonchev–Trinajstić information content (AvgIpc) is 1.96. The van der Waals surface area contributed by atoms with Crippen molar-refractivity contribution in [3.05, 3.63) is 0 Å². The van der Waals surface area contributed by atoms with Crippen LogP contribution in [-0.4, -0.2) is 6.29 Å². The minimum Gasteiger partial charge on any atom is -0.303 e. The molecule has 0 saturated heterocycles. The van der Waals surface area contributed by atoms with Gasteiger partial charge in [-0.2, -0.15) is 0 Å². The molecule has 1 atom stereocenters. The second-order valence-electron chi connectivity index (χ2n) is 4.87.